The molecule has 2 atom stereocenters. The Labute approximate surface area is 145 Å². The first kappa shape index (κ1) is 17.3. The molecular formula is C20H20FNO3. The molecule has 0 aromatic heterocycles. The molecular weight excluding hydrogens is 321 g/mol. The zero-order valence-electron chi connectivity index (χ0n) is 13.7. The average Bonchev–Trinajstić information content (AvgIpc) is 2.63. The van der Waals surface area contributed by atoms with Crippen LogP contribution in [0.25, 0.3) is 0 Å². The van der Waals surface area contributed by atoms with Gasteiger partial charge in [0.05, 0.1) is 11.7 Å². The van der Waals surface area contributed by atoms with Crippen molar-refractivity contribution in [1.29, 1.82) is 0 Å². The number of carbonyl (C=O) groups excluding carboxylic acids is 2. The second-order valence-corrected chi connectivity index (χ2v) is 6.35. The minimum atomic E-state index is -0.655. The Morgan fingerprint density at radius 3 is 2.68 bits per heavy atom. The molecule has 0 aliphatic heterocycles. The van der Waals surface area contributed by atoms with Gasteiger partial charge in [0, 0.05) is 17.2 Å². The number of amides is 1. The third kappa shape index (κ3) is 3.77. The Balaban J connectivity index is 1.85. The van der Waals surface area contributed by atoms with Crippen LogP contribution in [0.5, 0.6) is 0 Å². The summed E-state index contributed by atoms with van der Waals surface area (Å²) in [6.07, 6.45) is 3.66. The smallest absolute Gasteiger partial charge is 0.255 e. The number of aliphatic hydroxyl groups is 1. The van der Waals surface area contributed by atoms with Gasteiger partial charge in [-0.25, -0.2) is 4.39 Å². The molecule has 2 aromatic rings. The number of nitrogens with one attached hydrogen (secondary N) is 1. The van der Waals surface area contributed by atoms with Crippen molar-refractivity contribution in [2.45, 2.75) is 37.7 Å². The molecule has 1 fully saturated rings. The van der Waals surface area contributed by atoms with E-state index in [1.807, 2.05) is 18.2 Å². The molecule has 4 nitrogen and oxygen atoms in total. The summed E-state index contributed by atoms with van der Waals surface area (Å²) in [6.45, 7) is 0. The van der Waals surface area contributed by atoms with E-state index in [4.69, 9.17) is 0 Å². The van der Waals surface area contributed by atoms with E-state index in [0.717, 1.165) is 37.3 Å². The van der Waals surface area contributed by atoms with Crippen LogP contribution < -0.4 is 5.32 Å². The Hall–Kier alpha value is -2.53. The first-order chi connectivity index (χ1) is 12.1. The van der Waals surface area contributed by atoms with E-state index in [-0.39, 0.29) is 17.0 Å². The lowest BCUT2D eigenvalue weighted by molar-refractivity contribution is 0.101. The second-order valence-electron chi connectivity index (χ2n) is 6.35. The molecule has 2 aromatic carbocycles. The van der Waals surface area contributed by atoms with E-state index in [0.29, 0.717) is 12.0 Å². The monoisotopic (exact) mass is 341 g/mol. The number of aldehydes is 1. The summed E-state index contributed by atoms with van der Waals surface area (Å²) < 4.78 is 13.4. The molecule has 1 aliphatic rings. The van der Waals surface area contributed by atoms with Gasteiger partial charge in [-0.2, -0.15) is 0 Å². The van der Waals surface area contributed by atoms with Crippen molar-refractivity contribution in [1.82, 2.24) is 0 Å². The molecule has 0 unspecified atom stereocenters. The Morgan fingerprint density at radius 2 is 1.92 bits per heavy atom. The largest absolute Gasteiger partial charge is 0.392 e. The minimum absolute atomic E-state index is 0.0102. The molecule has 25 heavy (non-hydrogen) atoms. The number of para-hydroxylation sites is 1. The van der Waals surface area contributed by atoms with Crippen molar-refractivity contribution in [3.8, 4) is 0 Å². The van der Waals surface area contributed by atoms with E-state index < -0.39 is 17.8 Å². The molecule has 0 saturated heterocycles. The van der Waals surface area contributed by atoms with Gasteiger partial charge in [-0.3, -0.25) is 9.59 Å². The third-order valence-corrected chi connectivity index (χ3v) is 4.72. The van der Waals surface area contributed by atoms with Crippen molar-refractivity contribution in [3.63, 3.8) is 0 Å². The summed E-state index contributed by atoms with van der Waals surface area (Å²) in [5, 5.41) is 13.1. The van der Waals surface area contributed by atoms with Gasteiger partial charge in [-0.15, -0.1) is 0 Å². The highest BCUT2D eigenvalue weighted by molar-refractivity contribution is 6.05. The van der Waals surface area contributed by atoms with Crippen LogP contribution in [0.2, 0.25) is 0 Å². The molecule has 1 aliphatic carbocycles. The quantitative estimate of drug-likeness (QED) is 0.829. The van der Waals surface area contributed by atoms with Crippen molar-refractivity contribution in [3.05, 3.63) is 65.0 Å². The normalized spacial score (nSPS) is 20.1. The molecule has 130 valence electrons. The van der Waals surface area contributed by atoms with E-state index in [1.54, 1.807) is 6.07 Å². The van der Waals surface area contributed by atoms with Gasteiger partial charge in [0.1, 0.15) is 5.82 Å². The number of carbonyl (C=O) groups is 2. The highest BCUT2D eigenvalue weighted by Gasteiger charge is 2.26. The predicted octanol–water partition coefficient (Wildman–Crippen LogP) is 3.91. The molecule has 0 spiro atoms. The van der Waals surface area contributed by atoms with Crippen LogP contribution in [0, 0.1) is 5.82 Å². The topological polar surface area (TPSA) is 66.4 Å². The molecule has 1 amide bonds. The fourth-order valence-corrected chi connectivity index (χ4v) is 3.38. The van der Waals surface area contributed by atoms with E-state index in [1.165, 1.54) is 12.1 Å². The standard InChI is InChI=1S/C20H20FNO3/c21-17-10-9-13(11-14(17)12-23)20(25)22-18-7-3-1-5-15(18)16-6-2-4-8-19(16)24/h1,3,5,7,9-12,16,19,24H,2,4,6,8H2,(H,22,25)/t16-,19-/m0/s1. The number of rotatable bonds is 4. The van der Waals surface area contributed by atoms with Crippen molar-refractivity contribution in [2.24, 2.45) is 0 Å². The Kier molecular flexibility index (Phi) is 5.24. The molecule has 0 radical (unpaired) electrons. The zero-order valence-corrected chi connectivity index (χ0v) is 13.7. The maximum atomic E-state index is 13.4. The summed E-state index contributed by atoms with van der Waals surface area (Å²) in [5.74, 6) is -1.08. The lowest BCUT2D eigenvalue weighted by Gasteiger charge is -2.29. The van der Waals surface area contributed by atoms with E-state index >= 15 is 0 Å². The fourth-order valence-electron chi connectivity index (χ4n) is 3.38. The zero-order chi connectivity index (χ0) is 17.8. The van der Waals surface area contributed by atoms with Gasteiger partial charge < -0.3 is 10.4 Å². The average molecular weight is 341 g/mol. The van der Waals surface area contributed by atoms with Crippen LogP contribution >= 0.6 is 0 Å². The Bertz CT molecular complexity index is 790. The van der Waals surface area contributed by atoms with Gasteiger partial charge in [-0.05, 0) is 42.7 Å². The van der Waals surface area contributed by atoms with Crippen molar-refractivity contribution < 1.29 is 19.1 Å². The maximum absolute atomic E-state index is 13.4. The highest BCUT2D eigenvalue weighted by Crippen LogP contribution is 2.36. The van der Waals surface area contributed by atoms with Crippen LogP contribution in [0.15, 0.2) is 42.5 Å². The molecule has 3 rings (SSSR count). The summed E-state index contributed by atoms with van der Waals surface area (Å²) in [7, 11) is 0. The predicted molar refractivity (Wildman–Crippen MR) is 93.4 cm³/mol. The van der Waals surface area contributed by atoms with Crippen molar-refractivity contribution in [2.75, 3.05) is 5.32 Å². The number of hydrogen-bond donors (Lipinski definition) is 2. The summed E-state index contributed by atoms with van der Waals surface area (Å²) in [6, 6.07) is 11.1. The van der Waals surface area contributed by atoms with Crippen LogP contribution in [0.4, 0.5) is 10.1 Å². The summed E-state index contributed by atoms with van der Waals surface area (Å²) in [4.78, 5) is 23.4. The Morgan fingerprint density at radius 1 is 1.16 bits per heavy atom. The third-order valence-electron chi connectivity index (χ3n) is 4.72. The first-order valence-corrected chi connectivity index (χ1v) is 8.43. The van der Waals surface area contributed by atoms with Crippen molar-refractivity contribution >= 4 is 17.9 Å². The van der Waals surface area contributed by atoms with Gasteiger partial charge in [0.15, 0.2) is 6.29 Å². The number of benzene rings is 2. The molecule has 0 bridgehead atoms. The summed E-state index contributed by atoms with van der Waals surface area (Å²) >= 11 is 0. The van der Waals surface area contributed by atoms with Crippen LogP contribution in [0.3, 0.4) is 0 Å². The summed E-state index contributed by atoms with van der Waals surface area (Å²) in [5.41, 5.74) is 1.60. The van der Waals surface area contributed by atoms with Gasteiger partial charge >= 0.3 is 0 Å². The lowest BCUT2D eigenvalue weighted by Crippen LogP contribution is -2.24. The number of halogens is 1. The molecule has 2 N–H and O–H groups in total. The fraction of sp³-hybridized carbons (Fsp3) is 0.300. The maximum Gasteiger partial charge on any atom is 0.255 e. The minimum Gasteiger partial charge on any atom is -0.392 e. The SMILES string of the molecule is O=Cc1cc(C(=O)Nc2ccccc2[C@@H]2CCCC[C@@H]2O)ccc1F. The molecule has 5 heteroatoms. The second kappa shape index (κ2) is 7.57. The lowest BCUT2D eigenvalue weighted by atomic mass is 9.81. The molecule has 1 saturated carbocycles. The number of hydrogen-bond acceptors (Lipinski definition) is 3. The van der Waals surface area contributed by atoms with Gasteiger partial charge in [-0.1, -0.05) is 31.0 Å². The molecule has 0 heterocycles. The van der Waals surface area contributed by atoms with E-state index in [2.05, 4.69) is 5.32 Å². The van der Waals surface area contributed by atoms with Crippen LogP contribution in [-0.4, -0.2) is 23.4 Å². The van der Waals surface area contributed by atoms with Crippen LogP contribution in [-0.2, 0) is 0 Å². The number of aliphatic hydroxyl groups excluding tert-OH is 1. The van der Waals surface area contributed by atoms with Crippen LogP contribution in [0.1, 0.15) is 57.9 Å². The number of anilines is 1. The van der Waals surface area contributed by atoms with E-state index in [9.17, 15) is 19.1 Å². The first-order valence-electron chi connectivity index (χ1n) is 8.43. The van der Waals surface area contributed by atoms with Gasteiger partial charge in [0.2, 0.25) is 0 Å². The van der Waals surface area contributed by atoms with Gasteiger partial charge in [0.25, 0.3) is 5.91 Å². The highest BCUT2D eigenvalue weighted by atomic mass is 19.1.